The minimum atomic E-state index is -1.38. The fraction of sp³-hybridized carbons (Fsp3) is 0.364. The molecule has 0 aliphatic heterocycles. The molecule has 1 aliphatic rings. The van der Waals surface area contributed by atoms with E-state index >= 15 is 0 Å². The molecule has 1 saturated carbocycles. The Bertz CT molecular complexity index is 457. The first-order chi connectivity index (χ1) is 7.58. The van der Waals surface area contributed by atoms with Crippen molar-refractivity contribution in [1.29, 1.82) is 0 Å². The molecule has 0 aromatic heterocycles. The van der Waals surface area contributed by atoms with Gasteiger partial charge in [-0.25, -0.2) is 8.93 Å². The lowest BCUT2D eigenvalue weighted by atomic mass is 10.2. The van der Waals surface area contributed by atoms with Crippen molar-refractivity contribution in [2.24, 2.45) is 0 Å². The highest BCUT2D eigenvalue weighted by molar-refractivity contribution is 7.83. The molecule has 0 bridgehead atoms. The molecule has 0 heterocycles. The van der Waals surface area contributed by atoms with E-state index < -0.39 is 16.5 Å². The summed E-state index contributed by atoms with van der Waals surface area (Å²) in [5, 5.41) is 0.587. The third-order valence-electron chi connectivity index (χ3n) is 2.73. The van der Waals surface area contributed by atoms with Crippen LogP contribution in [0.15, 0.2) is 23.1 Å². The van der Waals surface area contributed by atoms with Crippen LogP contribution in [0.1, 0.15) is 18.4 Å². The Morgan fingerprint density at radius 2 is 2.19 bits per heavy atom. The Morgan fingerprint density at radius 1 is 1.50 bits per heavy atom. The molecule has 1 aliphatic carbocycles. The van der Waals surface area contributed by atoms with Crippen LogP contribution >= 0.6 is 11.6 Å². The van der Waals surface area contributed by atoms with Gasteiger partial charge in [0.25, 0.3) is 0 Å². The van der Waals surface area contributed by atoms with Gasteiger partial charge in [-0.2, -0.15) is 0 Å². The summed E-state index contributed by atoms with van der Waals surface area (Å²) in [6, 6.07) is 5.26. The Labute approximate surface area is 102 Å². The van der Waals surface area contributed by atoms with Gasteiger partial charge in [0.15, 0.2) is 0 Å². The lowest BCUT2D eigenvalue weighted by Gasteiger charge is -2.11. The average Bonchev–Trinajstić information content (AvgIpc) is 3.02. The smallest absolute Gasteiger partial charge is 0.140 e. The highest BCUT2D eigenvalue weighted by Crippen LogP contribution is 2.34. The molecule has 1 unspecified atom stereocenters. The maximum Gasteiger partial charge on any atom is 0.140 e. The van der Waals surface area contributed by atoms with E-state index in [2.05, 4.69) is 4.72 Å². The number of benzene rings is 1. The number of aldehydes is 1. The lowest BCUT2D eigenvalue weighted by Crippen LogP contribution is -2.34. The van der Waals surface area contributed by atoms with E-state index in [9.17, 15) is 9.00 Å². The molecule has 0 saturated heterocycles. The third kappa shape index (κ3) is 2.19. The third-order valence-corrected chi connectivity index (χ3v) is 4.57. The molecule has 2 rings (SSSR count). The summed E-state index contributed by atoms with van der Waals surface area (Å²) in [6.07, 6.45) is 2.34. The zero-order valence-electron chi connectivity index (χ0n) is 8.83. The van der Waals surface area contributed by atoms with Gasteiger partial charge in [-0.3, -0.25) is 0 Å². The molecule has 1 N–H and O–H groups in total. The minimum Gasteiger partial charge on any atom is -0.301 e. The van der Waals surface area contributed by atoms with Crippen LogP contribution in [0.5, 0.6) is 0 Å². The highest BCUT2D eigenvalue weighted by atomic mass is 35.5. The van der Waals surface area contributed by atoms with E-state index in [0.717, 1.165) is 24.7 Å². The fourth-order valence-corrected chi connectivity index (χ4v) is 2.96. The molecular weight excluding hydrogens is 246 g/mol. The SMILES string of the molecule is Cc1c(Cl)cccc1S(=O)NC1(C=O)CC1. The number of halogens is 1. The largest absolute Gasteiger partial charge is 0.301 e. The van der Waals surface area contributed by atoms with Crippen molar-refractivity contribution < 1.29 is 9.00 Å². The van der Waals surface area contributed by atoms with Gasteiger partial charge in [-0.05, 0) is 37.5 Å². The zero-order valence-corrected chi connectivity index (χ0v) is 10.4. The van der Waals surface area contributed by atoms with Crippen molar-refractivity contribution in [3.63, 3.8) is 0 Å². The van der Waals surface area contributed by atoms with Gasteiger partial charge in [0, 0.05) is 5.02 Å². The Hall–Kier alpha value is -0.710. The maximum absolute atomic E-state index is 12.0. The second-order valence-corrected chi connectivity index (χ2v) is 5.60. The summed E-state index contributed by atoms with van der Waals surface area (Å²) in [6.45, 7) is 1.82. The highest BCUT2D eigenvalue weighted by Gasteiger charge is 2.44. The summed E-state index contributed by atoms with van der Waals surface area (Å²) in [4.78, 5) is 11.4. The first-order valence-corrected chi connectivity index (χ1v) is 6.52. The van der Waals surface area contributed by atoms with Crippen LogP contribution in [0.25, 0.3) is 0 Å². The van der Waals surface area contributed by atoms with Gasteiger partial charge in [0.2, 0.25) is 0 Å². The topological polar surface area (TPSA) is 46.2 Å². The van der Waals surface area contributed by atoms with E-state index in [0.29, 0.717) is 9.92 Å². The van der Waals surface area contributed by atoms with Crippen molar-refractivity contribution in [1.82, 2.24) is 4.72 Å². The standard InChI is InChI=1S/C11H12ClNO2S/c1-8-9(12)3-2-4-10(8)16(15)13-11(7-14)5-6-11/h2-4,7,13H,5-6H2,1H3. The summed E-state index contributed by atoms with van der Waals surface area (Å²) in [5.74, 6) is 0. The van der Waals surface area contributed by atoms with Crippen LogP contribution in [-0.4, -0.2) is 16.0 Å². The second-order valence-electron chi connectivity index (χ2n) is 4.01. The molecule has 1 atom stereocenters. The van der Waals surface area contributed by atoms with Crippen molar-refractivity contribution >= 4 is 28.9 Å². The van der Waals surface area contributed by atoms with Crippen molar-refractivity contribution in [3.8, 4) is 0 Å². The van der Waals surface area contributed by atoms with Crippen LogP contribution in [-0.2, 0) is 15.8 Å². The van der Waals surface area contributed by atoms with E-state index in [1.54, 1.807) is 18.2 Å². The molecule has 5 heteroatoms. The Morgan fingerprint density at radius 3 is 2.75 bits per heavy atom. The second kappa shape index (κ2) is 4.28. The average molecular weight is 258 g/mol. The molecule has 86 valence electrons. The van der Waals surface area contributed by atoms with Crippen molar-refractivity contribution in [2.75, 3.05) is 0 Å². The van der Waals surface area contributed by atoms with E-state index in [1.165, 1.54) is 0 Å². The predicted octanol–water partition coefficient (Wildman–Crippen LogP) is 1.99. The Balaban J connectivity index is 2.21. The number of carbonyl (C=O) groups excluding carboxylic acids is 1. The van der Waals surface area contributed by atoms with E-state index in [-0.39, 0.29) is 0 Å². The van der Waals surface area contributed by atoms with Crippen LogP contribution in [0.2, 0.25) is 5.02 Å². The lowest BCUT2D eigenvalue weighted by molar-refractivity contribution is -0.109. The first-order valence-electron chi connectivity index (χ1n) is 4.99. The summed E-state index contributed by atoms with van der Waals surface area (Å²) in [5.41, 5.74) is 0.219. The summed E-state index contributed by atoms with van der Waals surface area (Å²) >= 11 is 5.95. The number of hydrogen-bond donors (Lipinski definition) is 1. The first kappa shape index (κ1) is 11.8. The molecule has 1 fully saturated rings. The molecule has 0 amide bonds. The van der Waals surface area contributed by atoms with Crippen molar-refractivity contribution in [2.45, 2.75) is 30.2 Å². The molecule has 1 aromatic carbocycles. The van der Waals surface area contributed by atoms with Crippen LogP contribution in [0.3, 0.4) is 0 Å². The van der Waals surface area contributed by atoms with Crippen LogP contribution < -0.4 is 4.72 Å². The number of rotatable bonds is 4. The normalized spacial score (nSPS) is 19.1. The van der Waals surface area contributed by atoms with Gasteiger partial charge in [-0.15, -0.1) is 0 Å². The predicted molar refractivity (Wildman–Crippen MR) is 63.8 cm³/mol. The van der Waals surface area contributed by atoms with Gasteiger partial charge in [-0.1, -0.05) is 17.7 Å². The fourth-order valence-electron chi connectivity index (χ4n) is 1.41. The molecule has 3 nitrogen and oxygen atoms in total. The molecule has 1 aromatic rings. The van der Waals surface area contributed by atoms with Gasteiger partial charge in [0.1, 0.15) is 17.3 Å². The summed E-state index contributed by atoms with van der Waals surface area (Å²) in [7, 11) is -1.38. The molecule has 16 heavy (non-hydrogen) atoms. The number of carbonyl (C=O) groups is 1. The van der Waals surface area contributed by atoms with E-state index in [1.807, 2.05) is 6.92 Å². The van der Waals surface area contributed by atoms with E-state index in [4.69, 9.17) is 11.6 Å². The van der Waals surface area contributed by atoms with Crippen molar-refractivity contribution in [3.05, 3.63) is 28.8 Å². The zero-order chi connectivity index (χ0) is 11.8. The molecule has 0 radical (unpaired) electrons. The number of hydrogen-bond acceptors (Lipinski definition) is 2. The van der Waals surface area contributed by atoms with Gasteiger partial charge >= 0.3 is 0 Å². The van der Waals surface area contributed by atoms with Gasteiger partial charge in [0.05, 0.1) is 10.4 Å². The van der Waals surface area contributed by atoms with Gasteiger partial charge < -0.3 is 4.79 Å². The summed E-state index contributed by atoms with van der Waals surface area (Å²) < 4.78 is 14.9. The molecular formula is C11H12ClNO2S. The quantitative estimate of drug-likeness (QED) is 0.839. The Kier molecular flexibility index (Phi) is 3.15. The minimum absolute atomic E-state index is 0.570. The monoisotopic (exact) mass is 257 g/mol. The molecule has 0 spiro atoms. The maximum atomic E-state index is 12.0. The number of nitrogens with one attached hydrogen (secondary N) is 1. The van der Waals surface area contributed by atoms with Crippen LogP contribution in [0, 0.1) is 6.92 Å². The van der Waals surface area contributed by atoms with Crippen LogP contribution in [0.4, 0.5) is 0 Å².